The van der Waals surface area contributed by atoms with Crippen LogP contribution in [-0.4, -0.2) is 196 Å². The molecule has 1 aliphatic heterocycles. The van der Waals surface area contributed by atoms with E-state index in [1.54, 1.807) is 54.7 Å². The summed E-state index contributed by atoms with van der Waals surface area (Å²) in [5.41, 5.74) is 27.9. The second-order valence-corrected chi connectivity index (χ2v) is 22.5. The maximum Gasteiger partial charge on any atom is 0.326 e. The number of guanidine groups is 2. The van der Waals surface area contributed by atoms with Crippen LogP contribution in [0.25, 0.3) is 0 Å². The smallest absolute Gasteiger partial charge is 0.326 e. The number of rotatable bonds is 39. The Labute approximate surface area is 489 Å². The minimum Gasteiger partial charge on any atom is -0.481 e. The molecule has 0 aromatic rings. The van der Waals surface area contributed by atoms with Crippen molar-refractivity contribution in [3.8, 4) is 0 Å². The molecule has 0 unspecified atom stereocenters. The highest BCUT2D eigenvalue weighted by Gasteiger charge is 2.42. The Bertz CT molecular complexity index is 2250. The second kappa shape index (κ2) is 38.0. The first-order valence-electron chi connectivity index (χ1n) is 28.1. The van der Waals surface area contributed by atoms with Crippen LogP contribution in [0.1, 0.15) is 126 Å². The lowest BCUT2D eigenvalue weighted by Crippen LogP contribution is -2.61. The molecule has 0 radical (unpaired) electrons. The van der Waals surface area contributed by atoms with Gasteiger partial charge in [0.2, 0.25) is 53.2 Å². The SMILES string of the molecule is CC[C@H](C)[C@H](N)C(=O)N[C@@H](CCSC)C(=O)N[C@@H](CO)C(=O)N[C@@H](CCCN=C(N)N)C(=O)N[C@@H](CC(=O)O)C(=O)N[C@@H](CC(C)C)C(=O)N[C@H](C(=O)N1CCC[C@H]1C(=O)N[C@@H](CCCN=C(N)N)C(=O)N[C@H](C(=O)O)[C@@H](C)CC)C(C)C. The molecule has 1 saturated heterocycles. The van der Waals surface area contributed by atoms with Gasteiger partial charge in [-0.1, -0.05) is 68.2 Å². The summed E-state index contributed by atoms with van der Waals surface area (Å²) in [6, 6.07) is -13.7. The van der Waals surface area contributed by atoms with Gasteiger partial charge in [0.25, 0.3) is 0 Å². The first-order valence-corrected chi connectivity index (χ1v) is 29.5. The highest BCUT2D eigenvalue weighted by molar-refractivity contribution is 7.98. The molecular formula is C52H94N16O14S. The van der Waals surface area contributed by atoms with Crippen LogP contribution < -0.4 is 71.2 Å². The number of thioether (sulfide) groups is 1. The molecule has 12 atom stereocenters. The van der Waals surface area contributed by atoms with Gasteiger partial charge >= 0.3 is 11.9 Å². The lowest BCUT2D eigenvalue weighted by atomic mass is 9.98. The largest absolute Gasteiger partial charge is 0.481 e. The molecule has 21 N–H and O–H groups in total. The molecule has 1 fully saturated rings. The number of aliphatic carboxylic acids is 2. The molecule has 0 aromatic heterocycles. The van der Waals surface area contributed by atoms with E-state index >= 15 is 0 Å². The van der Waals surface area contributed by atoms with Crippen LogP contribution in [0, 0.1) is 23.7 Å². The topological polar surface area (TPSA) is 503 Å². The molecule has 31 heteroatoms. The van der Waals surface area contributed by atoms with E-state index in [1.165, 1.54) is 16.7 Å². The number of carboxylic acid groups (broad SMARTS) is 2. The maximum absolute atomic E-state index is 14.5. The van der Waals surface area contributed by atoms with Crippen molar-refractivity contribution in [3.63, 3.8) is 0 Å². The van der Waals surface area contributed by atoms with Crippen LogP contribution in [0.15, 0.2) is 9.98 Å². The zero-order valence-corrected chi connectivity index (χ0v) is 50.2. The third kappa shape index (κ3) is 26.4. The van der Waals surface area contributed by atoms with Crippen molar-refractivity contribution in [2.45, 2.75) is 186 Å². The van der Waals surface area contributed by atoms with E-state index in [9.17, 15) is 68.1 Å². The van der Waals surface area contributed by atoms with Crippen molar-refractivity contribution in [3.05, 3.63) is 0 Å². The van der Waals surface area contributed by atoms with E-state index in [0.717, 1.165) is 0 Å². The summed E-state index contributed by atoms with van der Waals surface area (Å²) in [5.74, 6) is -12.3. The summed E-state index contributed by atoms with van der Waals surface area (Å²) in [6.07, 6.45) is 2.35. The Morgan fingerprint density at radius 3 is 1.52 bits per heavy atom. The number of likely N-dealkylation sites (tertiary alicyclic amines) is 1. The molecule has 9 amide bonds. The molecule has 0 saturated carbocycles. The highest BCUT2D eigenvalue weighted by Crippen LogP contribution is 2.22. The van der Waals surface area contributed by atoms with Crippen molar-refractivity contribution < 1.29 is 68.1 Å². The Kier molecular flexibility index (Phi) is 33.8. The van der Waals surface area contributed by atoms with Crippen LogP contribution in [0.2, 0.25) is 0 Å². The number of nitrogens with two attached hydrogens (primary N) is 5. The summed E-state index contributed by atoms with van der Waals surface area (Å²) < 4.78 is 0. The van der Waals surface area contributed by atoms with E-state index in [0.29, 0.717) is 25.0 Å². The number of amides is 9. The lowest BCUT2D eigenvalue weighted by Gasteiger charge is -2.32. The maximum atomic E-state index is 14.5. The standard InChI is InChI=1S/C52H94N16O14S/c1-10-28(7)38(53)48(79)62-32(18-22-83-9)42(73)65-35(25-69)46(77)60-30(15-12-19-58-51(54)55)41(72)64-34(24-37(70)71)44(75)63-33(23-26(3)4)45(76)66-39(27(5)6)49(80)68-21-14-17-36(68)47(78)61-31(16-13-20-59-52(56)57)43(74)67-40(50(81)82)29(8)11-2/h26-36,38-40,69H,10-25,53H2,1-9H3,(H,60,77)(H,61,78)(H,62,79)(H,63,75)(H,64,72)(H,65,73)(H,66,76)(H,67,74)(H,70,71)(H,81,82)(H4,54,55,58)(H4,56,57,59)/t28-,29-,30-,31-,32-,33-,34-,35-,36-,38-,39-,40-/m0/s1. The van der Waals surface area contributed by atoms with Crippen molar-refractivity contribution in [2.24, 2.45) is 62.3 Å². The number of nitrogens with one attached hydrogen (secondary N) is 8. The first-order chi connectivity index (χ1) is 38.9. The fraction of sp³-hybridized carbons (Fsp3) is 0.750. The van der Waals surface area contributed by atoms with E-state index < -0.39 is 150 Å². The fourth-order valence-corrected chi connectivity index (χ4v) is 9.13. The predicted octanol–water partition coefficient (Wildman–Crippen LogP) is -3.61. The van der Waals surface area contributed by atoms with Crippen LogP contribution in [0.5, 0.6) is 0 Å². The normalized spacial score (nSPS) is 17.0. The zero-order chi connectivity index (χ0) is 63.3. The van der Waals surface area contributed by atoms with Crippen molar-refractivity contribution in [1.82, 2.24) is 47.4 Å². The number of aliphatic hydroxyl groups is 1. The highest BCUT2D eigenvalue weighted by atomic mass is 32.2. The van der Waals surface area contributed by atoms with Crippen LogP contribution in [-0.2, 0) is 52.7 Å². The van der Waals surface area contributed by atoms with E-state index in [2.05, 4.69) is 52.5 Å². The van der Waals surface area contributed by atoms with Gasteiger partial charge in [-0.05, 0) is 87.0 Å². The van der Waals surface area contributed by atoms with Gasteiger partial charge in [0, 0.05) is 19.6 Å². The molecule has 1 heterocycles. The number of carbonyl (C=O) groups excluding carboxylic acids is 9. The number of carboxylic acids is 2. The van der Waals surface area contributed by atoms with Crippen molar-refractivity contribution in [1.29, 1.82) is 0 Å². The van der Waals surface area contributed by atoms with E-state index in [1.807, 2.05) is 6.92 Å². The molecule has 1 aliphatic rings. The van der Waals surface area contributed by atoms with Gasteiger partial charge in [0.05, 0.1) is 19.1 Å². The Balaban J connectivity index is 3.50. The lowest BCUT2D eigenvalue weighted by molar-refractivity contribution is -0.145. The second-order valence-electron chi connectivity index (χ2n) is 21.5. The number of aliphatic imine (C=N–C) groups is 2. The summed E-state index contributed by atoms with van der Waals surface area (Å²) in [7, 11) is 0. The Morgan fingerprint density at radius 1 is 0.590 bits per heavy atom. The van der Waals surface area contributed by atoms with Gasteiger partial charge in [0.1, 0.15) is 54.4 Å². The molecular weight excluding hydrogens is 1100 g/mol. The molecule has 0 bridgehead atoms. The summed E-state index contributed by atoms with van der Waals surface area (Å²) in [4.78, 5) is 158. The summed E-state index contributed by atoms with van der Waals surface area (Å²) in [5, 5.41) is 50.3. The van der Waals surface area contributed by atoms with Crippen molar-refractivity contribution in [2.75, 3.05) is 38.2 Å². The molecule has 30 nitrogen and oxygen atoms in total. The fourth-order valence-electron chi connectivity index (χ4n) is 8.65. The first kappa shape index (κ1) is 74.0. The minimum absolute atomic E-state index is 0.00499. The molecule has 83 heavy (non-hydrogen) atoms. The molecule has 0 aliphatic carbocycles. The molecule has 472 valence electrons. The van der Waals surface area contributed by atoms with Crippen LogP contribution in [0.4, 0.5) is 0 Å². The average molecular weight is 1200 g/mol. The van der Waals surface area contributed by atoms with E-state index in [4.69, 9.17) is 28.7 Å². The van der Waals surface area contributed by atoms with Gasteiger partial charge in [-0.2, -0.15) is 11.8 Å². The monoisotopic (exact) mass is 1200 g/mol. The number of aliphatic hydroxyl groups excluding tert-OH is 1. The molecule has 0 aromatic carbocycles. The molecule has 0 spiro atoms. The molecule has 1 rings (SSSR count). The number of nitrogens with zero attached hydrogens (tertiary/aromatic N) is 3. The zero-order valence-electron chi connectivity index (χ0n) is 49.4. The Hall–Kier alpha value is -7.02. The average Bonchev–Trinajstić information content (AvgIpc) is 4.17. The van der Waals surface area contributed by atoms with Crippen LogP contribution in [0.3, 0.4) is 0 Å². The Morgan fingerprint density at radius 2 is 1.04 bits per heavy atom. The minimum atomic E-state index is -1.88. The van der Waals surface area contributed by atoms with Crippen LogP contribution >= 0.6 is 11.8 Å². The predicted molar refractivity (Wildman–Crippen MR) is 311 cm³/mol. The number of hydrogen-bond acceptors (Lipinski definition) is 16. The third-order valence-corrected chi connectivity index (χ3v) is 14.6. The van der Waals surface area contributed by atoms with Gasteiger partial charge in [-0.3, -0.25) is 57.9 Å². The van der Waals surface area contributed by atoms with Crippen molar-refractivity contribution >= 4 is 88.8 Å². The quantitative estimate of drug-likeness (QED) is 0.0161. The van der Waals surface area contributed by atoms with Gasteiger partial charge in [-0.15, -0.1) is 0 Å². The van der Waals surface area contributed by atoms with Gasteiger partial charge in [-0.25, -0.2) is 4.79 Å². The van der Waals surface area contributed by atoms with Gasteiger partial charge in [0.15, 0.2) is 11.9 Å². The number of hydrogen-bond donors (Lipinski definition) is 16. The summed E-state index contributed by atoms with van der Waals surface area (Å²) in [6.45, 7) is 12.9. The third-order valence-electron chi connectivity index (χ3n) is 14.0. The van der Waals surface area contributed by atoms with E-state index in [-0.39, 0.29) is 88.3 Å². The van der Waals surface area contributed by atoms with Gasteiger partial charge < -0.3 is 91.4 Å². The summed E-state index contributed by atoms with van der Waals surface area (Å²) >= 11 is 1.38. The number of carbonyl (C=O) groups is 11.